The van der Waals surface area contributed by atoms with Gasteiger partial charge in [-0.1, -0.05) is 0 Å². The molecule has 2 heterocycles. The van der Waals surface area contributed by atoms with Crippen LogP contribution < -0.4 is 10.0 Å². The van der Waals surface area contributed by atoms with E-state index in [1.165, 1.54) is 26.1 Å². The highest BCUT2D eigenvalue weighted by Gasteiger charge is 2.53. The van der Waals surface area contributed by atoms with Crippen molar-refractivity contribution in [1.82, 2.24) is 9.62 Å². The summed E-state index contributed by atoms with van der Waals surface area (Å²) in [5, 5.41) is 1.53. The van der Waals surface area contributed by atoms with Gasteiger partial charge in [0.2, 0.25) is 10.0 Å². The Kier molecular flexibility index (Phi) is 7.32. The van der Waals surface area contributed by atoms with E-state index in [2.05, 4.69) is 10.0 Å². The van der Waals surface area contributed by atoms with E-state index in [9.17, 15) is 26.8 Å². The summed E-state index contributed by atoms with van der Waals surface area (Å²) in [6, 6.07) is 4.10. The van der Waals surface area contributed by atoms with E-state index in [0.717, 1.165) is 17.0 Å². The van der Waals surface area contributed by atoms with Crippen LogP contribution in [-0.2, 0) is 25.5 Å². The molecule has 0 radical (unpaired) electrons. The molecule has 0 aromatic heterocycles. The monoisotopic (exact) mass is 543 g/mol. The van der Waals surface area contributed by atoms with Gasteiger partial charge in [-0.25, -0.2) is 21.9 Å². The molecule has 0 saturated carbocycles. The van der Waals surface area contributed by atoms with Crippen LogP contribution in [0.3, 0.4) is 0 Å². The number of carbonyl (C=O) groups excluding carboxylic acids is 2. The Morgan fingerprint density at radius 3 is 2.24 bits per heavy atom. The fourth-order valence-electron chi connectivity index (χ4n) is 4.73. The van der Waals surface area contributed by atoms with Crippen LogP contribution in [0.4, 0.5) is 23.2 Å². The first kappa shape index (κ1) is 27.0. The maximum Gasteiger partial charge on any atom is 0.352 e. The van der Waals surface area contributed by atoms with Gasteiger partial charge in [0.15, 0.2) is 0 Å². The van der Waals surface area contributed by atoms with Crippen LogP contribution in [0.1, 0.15) is 34.3 Å². The minimum Gasteiger partial charge on any atom is -0.377 e. The predicted octanol–water partition coefficient (Wildman–Crippen LogP) is 2.92. The first-order valence-corrected chi connectivity index (χ1v) is 13.0. The summed E-state index contributed by atoms with van der Waals surface area (Å²) in [7, 11) is -2.46. The molecule has 2 aromatic rings. The van der Waals surface area contributed by atoms with Gasteiger partial charge in [0.25, 0.3) is 11.8 Å². The topological polar surface area (TPSA) is 105 Å². The van der Waals surface area contributed by atoms with Crippen molar-refractivity contribution in [3.63, 3.8) is 0 Å². The van der Waals surface area contributed by atoms with Crippen LogP contribution in [0, 0.1) is 18.6 Å². The molecule has 2 unspecified atom stereocenters. The fourth-order valence-corrected chi connectivity index (χ4v) is 6.01. The van der Waals surface area contributed by atoms with Gasteiger partial charge in [-0.2, -0.15) is 8.78 Å². The average molecular weight is 544 g/mol. The number of amides is 2. The highest BCUT2D eigenvalue weighted by atomic mass is 32.2. The third kappa shape index (κ3) is 5.20. The Hall–Kier alpha value is -3.03. The van der Waals surface area contributed by atoms with E-state index in [0.29, 0.717) is 12.1 Å². The van der Waals surface area contributed by atoms with Crippen LogP contribution in [-0.4, -0.2) is 62.7 Å². The van der Waals surface area contributed by atoms with Crippen molar-refractivity contribution in [2.75, 3.05) is 25.6 Å². The number of alkyl halides is 2. The summed E-state index contributed by atoms with van der Waals surface area (Å²) < 4.78 is 91.2. The maximum absolute atomic E-state index is 15.5. The van der Waals surface area contributed by atoms with Crippen molar-refractivity contribution in [3.05, 3.63) is 64.7 Å². The van der Waals surface area contributed by atoms with Gasteiger partial charge in [-0.3, -0.25) is 9.59 Å². The largest absolute Gasteiger partial charge is 0.377 e. The van der Waals surface area contributed by atoms with E-state index >= 15 is 8.78 Å². The summed E-state index contributed by atoms with van der Waals surface area (Å²) in [5.74, 6) is -8.80. The van der Waals surface area contributed by atoms with Gasteiger partial charge < -0.3 is 15.0 Å². The van der Waals surface area contributed by atoms with Crippen molar-refractivity contribution < 1.29 is 40.3 Å². The Morgan fingerprint density at radius 1 is 1.03 bits per heavy atom. The zero-order chi connectivity index (χ0) is 27.1. The maximum atomic E-state index is 15.5. The molecule has 2 fully saturated rings. The number of morpholine rings is 1. The van der Waals surface area contributed by atoms with Gasteiger partial charge in [0.05, 0.1) is 36.1 Å². The van der Waals surface area contributed by atoms with Crippen LogP contribution in [0.2, 0.25) is 0 Å². The first-order chi connectivity index (χ1) is 17.3. The van der Waals surface area contributed by atoms with Crippen LogP contribution in [0.5, 0.6) is 0 Å². The number of halogens is 4. The van der Waals surface area contributed by atoms with Crippen LogP contribution in [0.15, 0.2) is 36.4 Å². The third-order valence-electron chi connectivity index (χ3n) is 6.69. The average Bonchev–Trinajstić information content (AvgIpc) is 2.85. The lowest BCUT2D eigenvalue weighted by Crippen LogP contribution is -2.64. The molecule has 2 saturated heterocycles. The number of aryl methyl sites for hydroxylation is 1. The zero-order valence-corrected chi connectivity index (χ0v) is 20.7. The Balaban J connectivity index is 1.59. The molecule has 2 amide bonds. The number of nitrogens with zero attached hydrogens (tertiary/aromatic N) is 1. The lowest BCUT2D eigenvalue weighted by Gasteiger charge is -2.48. The van der Waals surface area contributed by atoms with Crippen molar-refractivity contribution in [2.45, 2.75) is 43.0 Å². The number of sulfonamides is 1. The third-order valence-corrected chi connectivity index (χ3v) is 8.52. The molecule has 2 aromatic carbocycles. The minimum atomic E-state index is -4.35. The SMILES string of the molecule is CNS(=O)(=O)C1CC2COCC(C1)N2C(=O)C(F)(F)c1cc(C(=O)Nc2ccc(F)c(C)c2)ccc1F. The molecule has 13 heteroatoms. The van der Waals surface area contributed by atoms with E-state index in [-0.39, 0.29) is 42.9 Å². The second-order valence-electron chi connectivity index (χ2n) is 9.09. The normalized spacial score (nSPS) is 22.0. The number of hydrogen-bond donors (Lipinski definition) is 2. The van der Waals surface area contributed by atoms with Gasteiger partial charge in [0.1, 0.15) is 11.6 Å². The van der Waals surface area contributed by atoms with E-state index in [4.69, 9.17) is 4.74 Å². The van der Waals surface area contributed by atoms with Gasteiger partial charge in [-0.05, 0) is 68.8 Å². The number of ether oxygens (including phenoxy) is 1. The number of carbonyl (C=O) groups is 2. The predicted molar refractivity (Wildman–Crippen MR) is 126 cm³/mol. The molecule has 2 aliphatic heterocycles. The lowest BCUT2D eigenvalue weighted by molar-refractivity contribution is -0.177. The van der Waals surface area contributed by atoms with Gasteiger partial charge in [-0.15, -0.1) is 0 Å². The molecule has 8 nitrogen and oxygen atoms in total. The Bertz CT molecular complexity index is 1320. The molecule has 4 rings (SSSR count). The quantitative estimate of drug-likeness (QED) is 0.546. The lowest BCUT2D eigenvalue weighted by atomic mass is 9.92. The highest BCUT2D eigenvalue weighted by molar-refractivity contribution is 7.90. The first-order valence-electron chi connectivity index (χ1n) is 11.4. The zero-order valence-electron chi connectivity index (χ0n) is 19.9. The molecular weight excluding hydrogens is 518 g/mol. The number of rotatable bonds is 6. The molecule has 2 bridgehead atoms. The number of benzene rings is 2. The number of piperidine rings is 1. The molecule has 2 N–H and O–H groups in total. The molecule has 2 aliphatic rings. The highest BCUT2D eigenvalue weighted by Crippen LogP contribution is 2.39. The summed E-state index contributed by atoms with van der Waals surface area (Å²) in [6.07, 6.45) is -0.243. The van der Waals surface area contributed by atoms with E-state index < -0.39 is 62.3 Å². The van der Waals surface area contributed by atoms with Gasteiger partial charge in [0, 0.05) is 11.3 Å². The van der Waals surface area contributed by atoms with E-state index in [1.54, 1.807) is 0 Å². The second-order valence-corrected chi connectivity index (χ2v) is 11.3. The summed E-state index contributed by atoms with van der Waals surface area (Å²) >= 11 is 0. The fraction of sp³-hybridized carbons (Fsp3) is 0.417. The molecule has 37 heavy (non-hydrogen) atoms. The standard InChI is InChI=1S/C24H25F4N3O5S/c1-13-7-15(4-6-20(13)25)30-22(32)14-3-5-21(26)19(8-14)24(27,28)23(33)31-16-9-18(37(34,35)29-2)10-17(31)12-36-11-16/h3-8,16-18,29H,9-12H2,1-2H3,(H,30,32). The van der Waals surface area contributed by atoms with Crippen molar-refractivity contribution in [1.29, 1.82) is 0 Å². The molecule has 2 atom stereocenters. The van der Waals surface area contributed by atoms with Gasteiger partial charge >= 0.3 is 5.92 Å². The summed E-state index contributed by atoms with van der Waals surface area (Å²) in [4.78, 5) is 26.6. The number of anilines is 1. The van der Waals surface area contributed by atoms with Crippen LogP contribution >= 0.6 is 0 Å². The number of hydrogen-bond acceptors (Lipinski definition) is 5. The summed E-state index contributed by atoms with van der Waals surface area (Å²) in [5.41, 5.74) is -1.18. The van der Waals surface area contributed by atoms with E-state index in [1.807, 2.05) is 0 Å². The van der Waals surface area contributed by atoms with Crippen molar-refractivity contribution in [3.8, 4) is 0 Å². The molecule has 0 spiro atoms. The number of fused-ring (bicyclic) bond motifs is 2. The Labute approximate surface area is 211 Å². The molecular formula is C24H25F4N3O5S. The van der Waals surface area contributed by atoms with Crippen molar-refractivity contribution in [2.24, 2.45) is 0 Å². The summed E-state index contributed by atoms with van der Waals surface area (Å²) in [6.45, 7) is 1.19. The Morgan fingerprint density at radius 2 is 1.65 bits per heavy atom. The minimum absolute atomic E-state index is 0.122. The smallest absolute Gasteiger partial charge is 0.352 e. The molecule has 0 aliphatic carbocycles. The second kappa shape index (κ2) is 10.0. The van der Waals surface area contributed by atoms with Crippen molar-refractivity contribution >= 4 is 27.5 Å². The van der Waals surface area contributed by atoms with Crippen LogP contribution in [0.25, 0.3) is 0 Å². The number of nitrogens with one attached hydrogen (secondary N) is 2. The molecule has 200 valence electrons.